The van der Waals surface area contributed by atoms with Crippen molar-refractivity contribution in [2.24, 2.45) is 0 Å². The van der Waals surface area contributed by atoms with E-state index in [1.165, 1.54) is 18.2 Å². The first kappa shape index (κ1) is 35.5. The van der Waals surface area contributed by atoms with Crippen LogP contribution in [0.4, 0.5) is 4.39 Å². The molecule has 2 amide bonds. The summed E-state index contributed by atoms with van der Waals surface area (Å²) in [6.07, 6.45) is 2.45. The number of carbonyl (C=O) groups excluding carboxylic acids is 2. The standard InChI is InChI=1S/C34H33Cl3FN3O4.CH2O2/c1-20(42)40-18-24-16-27(21-5-10-26(11-6-21)44-13-14-45-31-15-23(38)7-12-28(31)35)32(30(19-40)39-24)34(43)41(25-8-9-25)17-22-3-2-4-29(36)33(22)37;2-1-3/h2-7,10-12,15,24-25,30,39H,8-9,13-14,16-19H2,1H3;1H,(H,2,3). The molecule has 3 aromatic rings. The van der Waals surface area contributed by atoms with Gasteiger partial charge in [-0.1, -0.05) is 59.1 Å². The van der Waals surface area contributed by atoms with Gasteiger partial charge < -0.3 is 29.7 Å². The molecule has 2 unspecified atom stereocenters. The molecule has 0 aromatic heterocycles. The molecule has 2 N–H and O–H groups in total. The number of benzene rings is 3. The Labute approximate surface area is 293 Å². The lowest BCUT2D eigenvalue weighted by Gasteiger charge is -2.44. The van der Waals surface area contributed by atoms with E-state index in [0.29, 0.717) is 52.4 Å². The highest BCUT2D eigenvalue weighted by molar-refractivity contribution is 6.42. The molecule has 0 spiro atoms. The van der Waals surface area contributed by atoms with Crippen molar-refractivity contribution in [3.05, 3.63) is 98.2 Å². The fourth-order valence-corrected chi connectivity index (χ4v) is 6.59. The van der Waals surface area contributed by atoms with Crippen LogP contribution in [-0.2, 0) is 20.9 Å². The molecule has 3 aromatic carbocycles. The van der Waals surface area contributed by atoms with Crippen molar-refractivity contribution < 1.29 is 33.4 Å². The van der Waals surface area contributed by atoms with Gasteiger partial charge in [0.2, 0.25) is 5.91 Å². The van der Waals surface area contributed by atoms with Crippen molar-refractivity contribution in [3.8, 4) is 11.5 Å². The van der Waals surface area contributed by atoms with Crippen LogP contribution in [0.2, 0.25) is 15.1 Å². The number of nitrogens with one attached hydrogen (secondary N) is 1. The Morgan fingerprint density at radius 1 is 1.02 bits per heavy atom. The van der Waals surface area contributed by atoms with Gasteiger partial charge >= 0.3 is 0 Å². The molecule has 2 fully saturated rings. The molecule has 48 heavy (non-hydrogen) atoms. The molecular formula is C35H35Cl3FN3O6. The number of nitrogens with zero attached hydrogens (tertiary/aromatic N) is 2. The zero-order chi connectivity index (χ0) is 34.4. The number of amides is 2. The minimum atomic E-state index is -0.428. The summed E-state index contributed by atoms with van der Waals surface area (Å²) in [4.78, 5) is 39.0. The highest BCUT2D eigenvalue weighted by Crippen LogP contribution is 2.38. The lowest BCUT2D eigenvalue weighted by molar-refractivity contribution is -0.132. The summed E-state index contributed by atoms with van der Waals surface area (Å²) < 4.78 is 24.9. The number of fused-ring (bicyclic) bond motifs is 2. The Morgan fingerprint density at radius 2 is 1.73 bits per heavy atom. The van der Waals surface area contributed by atoms with E-state index in [9.17, 15) is 14.0 Å². The van der Waals surface area contributed by atoms with Gasteiger partial charge in [-0.05, 0) is 66.3 Å². The molecule has 254 valence electrons. The Hall–Kier alpha value is -3.83. The Bertz CT molecular complexity index is 1680. The van der Waals surface area contributed by atoms with Crippen molar-refractivity contribution in [3.63, 3.8) is 0 Å². The summed E-state index contributed by atoms with van der Waals surface area (Å²) in [7, 11) is 0. The fraction of sp³-hybridized carbons (Fsp3) is 0.343. The second-order valence-corrected chi connectivity index (χ2v) is 12.9. The van der Waals surface area contributed by atoms with E-state index in [2.05, 4.69) is 5.32 Å². The predicted octanol–water partition coefficient (Wildman–Crippen LogP) is 6.48. The van der Waals surface area contributed by atoms with Crippen LogP contribution in [0, 0.1) is 5.82 Å². The largest absolute Gasteiger partial charge is 0.490 e. The van der Waals surface area contributed by atoms with Crippen LogP contribution in [0.1, 0.15) is 37.3 Å². The third-order valence-electron chi connectivity index (χ3n) is 8.41. The average molecular weight is 719 g/mol. The number of halogens is 4. The van der Waals surface area contributed by atoms with Crippen molar-refractivity contribution in [1.29, 1.82) is 0 Å². The monoisotopic (exact) mass is 717 g/mol. The number of ether oxygens (including phenoxy) is 2. The first-order valence-corrected chi connectivity index (χ1v) is 16.6. The van der Waals surface area contributed by atoms with Crippen LogP contribution in [0.15, 0.2) is 66.2 Å². The average Bonchev–Trinajstić information content (AvgIpc) is 3.91. The first-order chi connectivity index (χ1) is 23.1. The molecule has 3 aliphatic rings. The molecule has 2 atom stereocenters. The van der Waals surface area contributed by atoms with E-state index in [-0.39, 0.29) is 55.4 Å². The molecule has 2 aliphatic heterocycles. The number of hydrogen-bond acceptors (Lipinski definition) is 6. The van der Waals surface area contributed by atoms with Crippen molar-refractivity contribution in [2.75, 3.05) is 26.3 Å². The summed E-state index contributed by atoms with van der Waals surface area (Å²) >= 11 is 18.9. The Kier molecular flexibility index (Phi) is 11.9. The molecule has 1 aliphatic carbocycles. The van der Waals surface area contributed by atoms with E-state index >= 15 is 0 Å². The normalized spacial score (nSPS) is 18.4. The molecule has 6 rings (SSSR count). The van der Waals surface area contributed by atoms with Crippen LogP contribution in [0.25, 0.3) is 5.57 Å². The van der Waals surface area contributed by atoms with E-state index < -0.39 is 5.82 Å². The highest BCUT2D eigenvalue weighted by atomic mass is 35.5. The first-order valence-electron chi connectivity index (χ1n) is 15.5. The molecule has 13 heteroatoms. The number of piperazine rings is 1. The van der Waals surface area contributed by atoms with Gasteiger partial charge in [0, 0.05) is 50.3 Å². The third kappa shape index (κ3) is 8.60. The number of hydrogen-bond donors (Lipinski definition) is 2. The molecule has 2 heterocycles. The van der Waals surface area contributed by atoms with Crippen molar-refractivity contribution in [1.82, 2.24) is 15.1 Å². The van der Waals surface area contributed by atoms with Crippen LogP contribution in [0.3, 0.4) is 0 Å². The van der Waals surface area contributed by atoms with E-state index in [4.69, 9.17) is 54.2 Å². The topological polar surface area (TPSA) is 108 Å². The number of rotatable bonds is 10. The Morgan fingerprint density at radius 3 is 2.42 bits per heavy atom. The van der Waals surface area contributed by atoms with Gasteiger partial charge in [-0.15, -0.1) is 0 Å². The molecule has 9 nitrogen and oxygen atoms in total. The van der Waals surface area contributed by atoms with Crippen LogP contribution in [-0.4, -0.2) is 77.6 Å². The van der Waals surface area contributed by atoms with Crippen LogP contribution >= 0.6 is 34.8 Å². The van der Waals surface area contributed by atoms with E-state index in [0.717, 1.165) is 29.5 Å². The van der Waals surface area contributed by atoms with Crippen molar-refractivity contribution in [2.45, 2.75) is 50.9 Å². The molecule has 0 radical (unpaired) electrons. The molecule has 2 bridgehead atoms. The van der Waals surface area contributed by atoms with Gasteiger partial charge in [-0.25, -0.2) is 4.39 Å². The van der Waals surface area contributed by atoms with Gasteiger partial charge in [0.1, 0.15) is 30.5 Å². The maximum absolute atomic E-state index is 14.5. The summed E-state index contributed by atoms with van der Waals surface area (Å²) in [6.45, 7) is 3.09. The fourth-order valence-electron chi connectivity index (χ4n) is 6.04. The minimum absolute atomic E-state index is 0.00309. The molecule has 1 saturated carbocycles. The lowest BCUT2D eigenvalue weighted by atomic mass is 9.82. The third-order valence-corrected chi connectivity index (χ3v) is 9.58. The number of carboxylic acid groups (broad SMARTS) is 1. The maximum atomic E-state index is 14.5. The highest BCUT2D eigenvalue weighted by Gasteiger charge is 2.43. The van der Waals surface area contributed by atoms with E-state index in [1.54, 1.807) is 13.0 Å². The van der Waals surface area contributed by atoms with Crippen molar-refractivity contribution >= 4 is 58.7 Å². The molecular weight excluding hydrogens is 684 g/mol. The second kappa shape index (κ2) is 16.0. The van der Waals surface area contributed by atoms with Gasteiger partial charge in [-0.3, -0.25) is 14.4 Å². The minimum Gasteiger partial charge on any atom is -0.490 e. The zero-order valence-electron chi connectivity index (χ0n) is 26.1. The van der Waals surface area contributed by atoms with Crippen LogP contribution in [0.5, 0.6) is 11.5 Å². The van der Waals surface area contributed by atoms with Gasteiger partial charge in [0.25, 0.3) is 12.4 Å². The summed E-state index contributed by atoms with van der Waals surface area (Å²) in [5.74, 6) is 0.406. The Balaban J connectivity index is 0.00000145. The second-order valence-electron chi connectivity index (χ2n) is 11.7. The SMILES string of the molecule is CC(=O)N1CC2CC(c3ccc(OCCOc4cc(F)ccc4Cl)cc3)=C(C(=O)N(Cc3cccc(Cl)c3Cl)C3CC3)C(C1)N2.O=CO. The molecule has 1 saturated heterocycles. The predicted molar refractivity (Wildman–Crippen MR) is 182 cm³/mol. The summed E-state index contributed by atoms with van der Waals surface area (Å²) in [6, 6.07) is 16.9. The zero-order valence-corrected chi connectivity index (χ0v) is 28.4. The van der Waals surface area contributed by atoms with Gasteiger partial charge in [0.05, 0.1) is 21.1 Å². The summed E-state index contributed by atoms with van der Waals surface area (Å²) in [5.41, 5.74) is 3.37. The van der Waals surface area contributed by atoms with Crippen LogP contribution < -0.4 is 14.8 Å². The van der Waals surface area contributed by atoms with E-state index in [1.807, 2.05) is 46.2 Å². The van der Waals surface area contributed by atoms with Gasteiger partial charge in [0.15, 0.2) is 0 Å². The smallest absolute Gasteiger partial charge is 0.290 e. The maximum Gasteiger partial charge on any atom is 0.290 e. The number of carbonyl (C=O) groups is 3. The summed E-state index contributed by atoms with van der Waals surface area (Å²) in [5, 5.41) is 11.7. The van der Waals surface area contributed by atoms with Gasteiger partial charge in [-0.2, -0.15) is 0 Å². The quantitative estimate of drug-likeness (QED) is 0.183. The lowest BCUT2D eigenvalue weighted by Crippen LogP contribution is -2.61.